The predicted molar refractivity (Wildman–Crippen MR) is 130 cm³/mol. The highest BCUT2D eigenvalue weighted by Crippen LogP contribution is 2.56. The molecule has 0 spiro atoms. The molecule has 5 atom stereocenters. The van der Waals surface area contributed by atoms with Crippen molar-refractivity contribution in [3.8, 4) is 5.75 Å². The molecule has 0 amide bonds. The van der Waals surface area contributed by atoms with Crippen LogP contribution in [-0.4, -0.2) is 97.8 Å². The lowest BCUT2D eigenvalue weighted by atomic mass is 9.53. The van der Waals surface area contributed by atoms with Crippen molar-refractivity contribution in [3.63, 3.8) is 0 Å². The van der Waals surface area contributed by atoms with Gasteiger partial charge < -0.3 is 36.0 Å². The average molecular weight is 532 g/mol. The number of carbonyl (C=O) groups excluding carboxylic acids is 3. The number of Topliss-reactive ketones (excluding diaryl/α,β-unsaturated/α-hetero) is 3. The van der Waals surface area contributed by atoms with Crippen LogP contribution in [0.15, 0.2) is 35.2 Å². The van der Waals surface area contributed by atoms with Gasteiger partial charge in [-0.1, -0.05) is 12.1 Å². The first-order chi connectivity index (χ1) is 17.7. The Morgan fingerprint density at radius 3 is 2.37 bits per heavy atom. The second-order valence-electron chi connectivity index (χ2n) is 10.1. The molecule has 38 heavy (non-hydrogen) atoms. The van der Waals surface area contributed by atoms with Crippen LogP contribution in [0.5, 0.6) is 5.75 Å². The van der Waals surface area contributed by atoms with E-state index in [0.29, 0.717) is 0 Å². The quantitative estimate of drug-likeness (QED) is 0.0546. The molecule has 1 unspecified atom stereocenters. The van der Waals surface area contributed by atoms with E-state index in [-0.39, 0.29) is 24.2 Å². The Labute approximate surface area is 216 Å². The number of aliphatic hydroxyl groups is 4. The van der Waals surface area contributed by atoms with E-state index >= 15 is 0 Å². The Morgan fingerprint density at radius 2 is 1.76 bits per heavy atom. The van der Waals surface area contributed by atoms with Gasteiger partial charge in [0.2, 0.25) is 11.6 Å². The van der Waals surface area contributed by atoms with Gasteiger partial charge in [0.05, 0.1) is 30.4 Å². The highest BCUT2D eigenvalue weighted by Gasteiger charge is 2.68. The van der Waals surface area contributed by atoms with Crippen LogP contribution in [0.3, 0.4) is 0 Å². The molecule has 0 heterocycles. The average Bonchev–Trinajstić information content (AvgIpc) is 2.82. The van der Waals surface area contributed by atoms with E-state index in [2.05, 4.69) is 10.6 Å². The van der Waals surface area contributed by atoms with E-state index in [1.54, 1.807) is 0 Å². The lowest BCUT2D eigenvalue weighted by molar-refractivity contribution is -0.169. The number of aliphatic hydroxyl groups excluding tert-OH is 2. The normalized spacial score (nSPS) is 32.1. The lowest BCUT2D eigenvalue weighted by Crippen LogP contribution is -2.70. The number of hydrogen-bond donors (Lipinski definition) is 8. The summed E-state index contributed by atoms with van der Waals surface area (Å²) in [5, 5.41) is 68.7. The zero-order valence-electron chi connectivity index (χ0n) is 20.8. The lowest BCUT2D eigenvalue weighted by Gasteiger charge is -2.53. The van der Waals surface area contributed by atoms with E-state index < -0.39 is 87.5 Å². The summed E-state index contributed by atoms with van der Waals surface area (Å²) in [5.74, 6) is -9.36. The monoisotopic (exact) mass is 531 g/mol. The summed E-state index contributed by atoms with van der Waals surface area (Å²) in [6.45, 7) is 0.519. The zero-order valence-corrected chi connectivity index (χ0v) is 20.8. The van der Waals surface area contributed by atoms with Crippen LogP contribution in [0.25, 0.3) is 5.76 Å². The van der Waals surface area contributed by atoms with Crippen LogP contribution < -0.4 is 10.6 Å². The number of aliphatic carboxylic acids is 1. The molecule has 8 N–H and O–H groups in total. The van der Waals surface area contributed by atoms with E-state index in [0.717, 1.165) is 0 Å². The number of likely N-dealkylation sites (N-methyl/N-ethyl adjacent to an activating group) is 1. The number of nitrogens with one attached hydrogen (secondary N) is 2. The number of carboxylic acid groups (broad SMARTS) is 1. The number of ketones is 3. The summed E-state index contributed by atoms with van der Waals surface area (Å²) in [5.41, 5.74) is -6.18. The third-order valence-corrected chi connectivity index (χ3v) is 7.64. The summed E-state index contributed by atoms with van der Waals surface area (Å²) in [7, 11) is 2.96. The van der Waals surface area contributed by atoms with Gasteiger partial charge in [0.15, 0.2) is 17.3 Å². The smallest absolute Gasteiger partial charge is 0.317 e. The minimum Gasteiger partial charge on any atom is -0.507 e. The van der Waals surface area contributed by atoms with E-state index in [4.69, 9.17) is 5.11 Å². The van der Waals surface area contributed by atoms with Gasteiger partial charge in [-0.05, 0) is 39.1 Å². The van der Waals surface area contributed by atoms with E-state index in [1.165, 1.54) is 44.1 Å². The Hall–Kier alpha value is -3.78. The van der Waals surface area contributed by atoms with Gasteiger partial charge >= 0.3 is 5.97 Å². The Balaban J connectivity index is 1.87. The minimum absolute atomic E-state index is 0.133. The van der Waals surface area contributed by atoms with Gasteiger partial charge in [0, 0.05) is 17.4 Å². The van der Waals surface area contributed by atoms with E-state index in [9.17, 15) is 44.7 Å². The summed E-state index contributed by atoms with van der Waals surface area (Å²) in [6.07, 6.45) is -0.272. The SMILES string of the molecule is CN(C)[C@@H]1C(=O)/C(=C(/O)NCNCC(=O)O)C(=O)[C@@]2(O)C(=O)C3=C(O)c4c(O)cccc4[C@@](C)(O)C3C[C@@H]12. The molecule has 0 bridgehead atoms. The molecule has 0 aliphatic heterocycles. The maximum Gasteiger partial charge on any atom is 0.317 e. The van der Waals surface area contributed by atoms with Crippen molar-refractivity contribution in [2.24, 2.45) is 11.8 Å². The fourth-order valence-electron chi connectivity index (χ4n) is 5.88. The molecule has 1 aromatic carbocycles. The number of aromatic hydroxyl groups is 1. The maximum absolute atomic E-state index is 13.9. The number of phenolic OH excluding ortho intramolecular Hbond substituents is 1. The predicted octanol–water partition coefficient (Wildman–Crippen LogP) is -1.11. The molecule has 1 aromatic rings. The molecule has 13 heteroatoms. The van der Waals surface area contributed by atoms with Crippen molar-refractivity contribution < 1.29 is 49.8 Å². The van der Waals surface area contributed by atoms with Crippen molar-refractivity contribution >= 4 is 29.1 Å². The maximum atomic E-state index is 13.9. The number of benzene rings is 1. The van der Waals surface area contributed by atoms with Gasteiger partial charge in [-0.3, -0.25) is 29.4 Å². The fraction of sp³-hybridized carbons (Fsp3) is 0.440. The largest absolute Gasteiger partial charge is 0.507 e. The van der Waals surface area contributed by atoms with Crippen LogP contribution >= 0.6 is 0 Å². The van der Waals surface area contributed by atoms with Crippen molar-refractivity contribution in [2.45, 2.75) is 30.6 Å². The minimum atomic E-state index is -2.90. The number of nitrogens with zero attached hydrogens (tertiary/aromatic N) is 1. The molecular formula is C25H29N3O10. The first kappa shape index (κ1) is 27.3. The molecule has 204 valence electrons. The van der Waals surface area contributed by atoms with Gasteiger partial charge in [0.1, 0.15) is 17.1 Å². The summed E-state index contributed by atoms with van der Waals surface area (Å²) in [6, 6.07) is 2.87. The molecule has 0 radical (unpaired) electrons. The molecule has 3 aliphatic carbocycles. The zero-order chi connectivity index (χ0) is 28.3. The molecule has 4 rings (SSSR count). The summed E-state index contributed by atoms with van der Waals surface area (Å²) < 4.78 is 0. The van der Waals surface area contributed by atoms with Crippen LogP contribution in [0.2, 0.25) is 0 Å². The second kappa shape index (κ2) is 9.20. The second-order valence-corrected chi connectivity index (χ2v) is 10.1. The molecule has 0 saturated heterocycles. The molecule has 13 nitrogen and oxygen atoms in total. The number of hydrogen-bond acceptors (Lipinski definition) is 12. The number of fused-ring (bicyclic) bond motifs is 3. The Kier molecular flexibility index (Phi) is 6.60. The molecular weight excluding hydrogens is 502 g/mol. The van der Waals surface area contributed by atoms with Crippen LogP contribution in [0.1, 0.15) is 24.5 Å². The highest BCUT2D eigenvalue weighted by atomic mass is 16.4. The Bertz CT molecular complexity index is 1310. The van der Waals surface area contributed by atoms with E-state index in [1.807, 2.05) is 0 Å². The van der Waals surface area contributed by atoms with Gasteiger partial charge in [-0.25, -0.2) is 0 Å². The number of rotatable bonds is 6. The van der Waals surface area contributed by atoms with Crippen LogP contribution in [-0.2, 0) is 24.8 Å². The first-order valence-corrected chi connectivity index (χ1v) is 11.8. The van der Waals surface area contributed by atoms with Crippen LogP contribution in [0.4, 0.5) is 0 Å². The standard InChI is InChI=1S/C25H29N3O10/c1-24(37)10-5-4-6-13(29)15(10)19(32)16-11(24)7-12-18(28(2)3)20(33)17(22(35)25(12,38)21(16)34)23(36)27-9-26-8-14(30)31/h4-6,11-12,18,26-27,29,32,36-38H,7-9H2,1-3H3,(H,30,31)/b23-17-/t11?,12-,18-,24+,25-/m0/s1. The summed E-state index contributed by atoms with van der Waals surface area (Å²) >= 11 is 0. The number of carbonyl (C=O) groups is 4. The van der Waals surface area contributed by atoms with Crippen LogP contribution in [0, 0.1) is 11.8 Å². The van der Waals surface area contributed by atoms with Gasteiger partial charge in [-0.2, -0.15) is 0 Å². The first-order valence-electron chi connectivity index (χ1n) is 11.8. The number of phenols is 1. The molecule has 3 aliphatic rings. The van der Waals surface area contributed by atoms with Gasteiger partial charge in [-0.15, -0.1) is 0 Å². The van der Waals surface area contributed by atoms with Crippen molar-refractivity contribution in [3.05, 3.63) is 46.4 Å². The third-order valence-electron chi connectivity index (χ3n) is 7.64. The highest BCUT2D eigenvalue weighted by molar-refractivity contribution is 6.35. The molecule has 2 saturated carbocycles. The number of carboxylic acids is 1. The topological polar surface area (TPSA) is 217 Å². The fourth-order valence-corrected chi connectivity index (χ4v) is 5.88. The molecule has 0 aromatic heterocycles. The van der Waals surface area contributed by atoms with Crippen molar-refractivity contribution in [1.29, 1.82) is 0 Å². The Morgan fingerprint density at radius 1 is 1.11 bits per heavy atom. The van der Waals surface area contributed by atoms with Crippen molar-refractivity contribution in [1.82, 2.24) is 15.5 Å². The third kappa shape index (κ3) is 3.77. The van der Waals surface area contributed by atoms with Crippen molar-refractivity contribution in [2.75, 3.05) is 27.3 Å². The van der Waals surface area contributed by atoms with Gasteiger partial charge in [0.25, 0.3) is 0 Å². The summed E-state index contributed by atoms with van der Waals surface area (Å²) in [4.78, 5) is 53.1. The molecule has 2 fully saturated rings.